The molecule has 3 aromatic heterocycles. The molecule has 4 nitrogen and oxygen atoms in total. The predicted octanol–water partition coefficient (Wildman–Crippen LogP) is 6.63. The topological polar surface area (TPSA) is 45.2 Å². The molecule has 1 aromatic carbocycles. The van der Waals surface area contributed by atoms with Gasteiger partial charge in [0, 0.05) is 23.5 Å². The van der Waals surface area contributed by atoms with Gasteiger partial charge in [0.1, 0.15) is 14.3 Å². The highest BCUT2D eigenvalue weighted by molar-refractivity contribution is 7.23. The van der Waals surface area contributed by atoms with Gasteiger partial charge in [-0.2, -0.15) is 0 Å². The number of para-hydroxylation sites is 1. The molecule has 148 valence electrons. The van der Waals surface area contributed by atoms with E-state index in [1.807, 2.05) is 18.2 Å². The molecule has 0 fully saturated rings. The number of thiazole rings is 1. The average molecular weight is 480 g/mol. The van der Waals surface area contributed by atoms with Crippen molar-refractivity contribution in [3.05, 3.63) is 55.0 Å². The summed E-state index contributed by atoms with van der Waals surface area (Å²) < 4.78 is 2.04. The van der Waals surface area contributed by atoms with Crippen LogP contribution < -0.4 is 5.32 Å². The van der Waals surface area contributed by atoms with Gasteiger partial charge in [0.25, 0.3) is 5.91 Å². The number of fused-ring (bicyclic) bond motifs is 2. The third kappa shape index (κ3) is 3.60. The van der Waals surface area contributed by atoms with E-state index in [1.54, 1.807) is 28.7 Å². The SMILES string of the molecule is CN1CCc2c(sc(NC(=O)c3cc(Cl)sc3Cl)c2-c2nc3ccccc3s2)C1. The van der Waals surface area contributed by atoms with Gasteiger partial charge in [0.2, 0.25) is 0 Å². The van der Waals surface area contributed by atoms with E-state index < -0.39 is 0 Å². The summed E-state index contributed by atoms with van der Waals surface area (Å²) in [5.41, 5.74) is 3.72. The van der Waals surface area contributed by atoms with Crippen LogP contribution in [0.25, 0.3) is 20.8 Å². The van der Waals surface area contributed by atoms with Gasteiger partial charge in [-0.05, 0) is 37.2 Å². The molecule has 1 amide bonds. The van der Waals surface area contributed by atoms with E-state index in [-0.39, 0.29) is 5.91 Å². The second kappa shape index (κ2) is 7.65. The zero-order valence-corrected chi connectivity index (χ0v) is 19.3. The molecular formula is C20H15Cl2N3OS3. The first-order valence-electron chi connectivity index (χ1n) is 8.95. The predicted molar refractivity (Wildman–Crippen MR) is 125 cm³/mol. The Morgan fingerprint density at radius 2 is 2.03 bits per heavy atom. The van der Waals surface area contributed by atoms with Gasteiger partial charge >= 0.3 is 0 Å². The quantitative estimate of drug-likeness (QED) is 0.358. The van der Waals surface area contributed by atoms with Crippen molar-refractivity contribution in [2.24, 2.45) is 0 Å². The van der Waals surface area contributed by atoms with E-state index in [2.05, 4.69) is 23.3 Å². The summed E-state index contributed by atoms with van der Waals surface area (Å²) in [6.45, 7) is 1.86. The number of hydrogen-bond donors (Lipinski definition) is 1. The first-order chi connectivity index (χ1) is 14.0. The number of carbonyl (C=O) groups excluding carboxylic acids is 1. The number of hydrogen-bond acceptors (Lipinski definition) is 6. The van der Waals surface area contributed by atoms with Crippen LogP contribution in [0.1, 0.15) is 20.8 Å². The highest BCUT2D eigenvalue weighted by Crippen LogP contribution is 2.46. The summed E-state index contributed by atoms with van der Waals surface area (Å²) in [6.07, 6.45) is 0.939. The maximum Gasteiger partial charge on any atom is 0.258 e. The fraction of sp³-hybridized carbons (Fsp3) is 0.200. The van der Waals surface area contributed by atoms with E-state index >= 15 is 0 Å². The lowest BCUT2D eigenvalue weighted by Crippen LogP contribution is -2.25. The monoisotopic (exact) mass is 479 g/mol. The van der Waals surface area contributed by atoms with Gasteiger partial charge in [-0.25, -0.2) is 4.98 Å². The van der Waals surface area contributed by atoms with Crippen molar-refractivity contribution < 1.29 is 4.79 Å². The summed E-state index contributed by atoms with van der Waals surface area (Å²) in [5, 5.41) is 4.86. The average Bonchev–Trinajstić information content (AvgIpc) is 3.35. The lowest BCUT2D eigenvalue weighted by Gasteiger charge is -2.22. The Bertz CT molecular complexity index is 1210. The number of amides is 1. The van der Waals surface area contributed by atoms with E-state index in [9.17, 15) is 4.79 Å². The molecule has 0 atom stereocenters. The number of benzene rings is 1. The molecule has 0 radical (unpaired) electrons. The van der Waals surface area contributed by atoms with E-state index in [4.69, 9.17) is 28.2 Å². The van der Waals surface area contributed by atoms with Crippen molar-refractivity contribution in [3.8, 4) is 10.6 Å². The fourth-order valence-electron chi connectivity index (χ4n) is 3.49. The summed E-state index contributed by atoms with van der Waals surface area (Å²) in [4.78, 5) is 21.3. The largest absolute Gasteiger partial charge is 0.313 e. The van der Waals surface area contributed by atoms with E-state index in [0.717, 1.165) is 45.3 Å². The molecule has 0 spiro atoms. The van der Waals surface area contributed by atoms with Gasteiger partial charge in [0.05, 0.1) is 20.1 Å². The molecular weight excluding hydrogens is 465 g/mol. The van der Waals surface area contributed by atoms with Crippen LogP contribution in [0.3, 0.4) is 0 Å². The molecule has 0 saturated carbocycles. The summed E-state index contributed by atoms with van der Waals surface area (Å²) in [5.74, 6) is -0.243. The Balaban J connectivity index is 1.61. The standard InChI is InChI=1S/C20H15Cl2N3OS3/c1-25-7-6-10-14(9-25)28-20(24-18(26)11-8-15(21)29-17(11)22)16(10)19-23-12-4-2-3-5-13(12)27-19/h2-5,8H,6-7,9H2,1H3,(H,24,26). The third-order valence-electron chi connectivity index (χ3n) is 4.88. The number of thiophene rings is 2. The number of likely N-dealkylation sites (N-methyl/N-ethyl adjacent to an activating group) is 1. The summed E-state index contributed by atoms with van der Waals surface area (Å²) in [6, 6.07) is 9.73. The molecule has 1 N–H and O–H groups in total. The number of halogens is 2. The number of rotatable bonds is 3. The molecule has 4 heterocycles. The molecule has 29 heavy (non-hydrogen) atoms. The van der Waals surface area contributed by atoms with Gasteiger partial charge < -0.3 is 10.2 Å². The minimum Gasteiger partial charge on any atom is -0.313 e. The molecule has 0 unspecified atom stereocenters. The molecule has 1 aliphatic rings. The minimum atomic E-state index is -0.243. The summed E-state index contributed by atoms with van der Waals surface area (Å²) >= 11 is 16.7. The maximum atomic E-state index is 12.9. The zero-order valence-electron chi connectivity index (χ0n) is 15.3. The molecule has 9 heteroatoms. The van der Waals surface area contributed by atoms with Gasteiger partial charge in [-0.3, -0.25) is 4.79 Å². The van der Waals surface area contributed by atoms with Crippen molar-refractivity contribution in [3.63, 3.8) is 0 Å². The third-order valence-corrected chi connectivity index (χ3v) is 8.56. The Morgan fingerprint density at radius 3 is 2.79 bits per heavy atom. The van der Waals surface area contributed by atoms with Crippen molar-refractivity contribution >= 4 is 78.3 Å². The van der Waals surface area contributed by atoms with Crippen LogP contribution in [0, 0.1) is 0 Å². The van der Waals surface area contributed by atoms with Gasteiger partial charge in [-0.1, -0.05) is 35.3 Å². The van der Waals surface area contributed by atoms with Gasteiger partial charge in [0.15, 0.2) is 0 Å². The van der Waals surface area contributed by atoms with Crippen molar-refractivity contribution in [2.75, 3.05) is 18.9 Å². The zero-order chi connectivity index (χ0) is 20.1. The Kier molecular flexibility index (Phi) is 5.14. The van der Waals surface area contributed by atoms with Crippen LogP contribution in [0.2, 0.25) is 8.67 Å². The van der Waals surface area contributed by atoms with E-state index in [1.165, 1.54) is 21.8 Å². The molecule has 0 aliphatic carbocycles. The van der Waals surface area contributed by atoms with Crippen LogP contribution in [0.5, 0.6) is 0 Å². The first-order valence-corrected chi connectivity index (χ1v) is 12.2. The lowest BCUT2D eigenvalue weighted by molar-refractivity contribution is 0.102. The second-order valence-corrected chi connectivity index (χ2v) is 11.3. The molecule has 0 bridgehead atoms. The highest BCUT2D eigenvalue weighted by Gasteiger charge is 2.27. The van der Waals surface area contributed by atoms with Crippen LogP contribution in [-0.4, -0.2) is 29.4 Å². The Morgan fingerprint density at radius 1 is 1.21 bits per heavy atom. The second-order valence-electron chi connectivity index (χ2n) is 6.87. The Hall–Kier alpha value is -1.48. The number of aromatic nitrogens is 1. The molecule has 4 aromatic rings. The normalized spacial score (nSPS) is 14.3. The smallest absolute Gasteiger partial charge is 0.258 e. The molecule has 0 saturated heterocycles. The Labute approximate surface area is 189 Å². The fourth-order valence-corrected chi connectivity index (χ4v) is 7.38. The van der Waals surface area contributed by atoms with Crippen molar-refractivity contribution in [2.45, 2.75) is 13.0 Å². The van der Waals surface area contributed by atoms with E-state index in [0.29, 0.717) is 14.2 Å². The first kappa shape index (κ1) is 19.5. The number of nitrogens with one attached hydrogen (secondary N) is 1. The number of carbonyl (C=O) groups is 1. The minimum absolute atomic E-state index is 0.243. The number of anilines is 1. The molecule has 1 aliphatic heterocycles. The number of nitrogens with zero attached hydrogens (tertiary/aromatic N) is 2. The summed E-state index contributed by atoms with van der Waals surface area (Å²) in [7, 11) is 2.12. The van der Waals surface area contributed by atoms with Crippen molar-refractivity contribution in [1.29, 1.82) is 0 Å². The molecule has 5 rings (SSSR count). The van der Waals surface area contributed by atoms with Crippen LogP contribution in [0.15, 0.2) is 30.3 Å². The van der Waals surface area contributed by atoms with Crippen molar-refractivity contribution in [1.82, 2.24) is 9.88 Å². The maximum absolute atomic E-state index is 12.9. The van der Waals surface area contributed by atoms with Crippen LogP contribution in [-0.2, 0) is 13.0 Å². The highest BCUT2D eigenvalue weighted by atomic mass is 35.5. The lowest BCUT2D eigenvalue weighted by atomic mass is 10.0. The van der Waals surface area contributed by atoms with Crippen LogP contribution >= 0.6 is 57.2 Å². The van der Waals surface area contributed by atoms with Crippen LogP contribution in [0.4, 0.5) is 5.00 Å². The van der Waals surface area contributed by atoms with Gasteiger partial charge in [-0.15, -0.1) is 34.0 Å².